The number of hydrogen-bond donors (Lipinski definition) is 2. The van der Waals surface area contributed by atoms with Crippen molar-refractivity contribution in [3.05, 3.63) is 88.7 Å². The summed E-state index contributed by atoms with van der Waals surface area (Å²) in [5, 5.41) is 12.2. The third-order valence-electron chi connectivity index (χ3n) is 4.66. The molecule has 0 bridgehead atoms. The van der Waals surface area contributed by atoms with Crippen molar-refractivity contribution in [2.45, 2.75) is 12.8 Å². The number of nitrogens with zero attached hydrogens (tertiary/aromatic N) is 2. The molecule has 0 unspecified atom stereocenters. The number of nitrogens with one attached hydrogen (secondary N) is 1. The molecule has 1 aromatic heterocycles. The van der Waals surface area contributed by atoms with Crippen LogP contribution in [-0.2, 0) is 12.8 Å². The maximum Gasteiger partial charge on any atom is 0.450 e. The van der Waals surface area contributed by atoms with E-state index in [-0.39, 0.29) is 28.9 Å². The number of imidazole rings is 1. The number of hydrogen-bond acceptors (Lipinski definition) is 3. The molecule has 5 nitrogen and oxygen atoms in total. The Morgan fingerprint density at radius 3 is 2.42 bits per heavy atom. The van der Waals surface area contributed by atoms with Gasteiger partial charge >= 0.3 is 6.18 Å². The topological polar surface area (TPSA) is 67.2 Å². The molecule has 0 spiro atoms. The lowest BCUT2D eigenvalue weighted by Gasteiger charge is -2.13. The summed E-state index contributed by atoms with van der Waals surface area (Å²) in [5.41, 5.74) is 1.74. The van der Waals surface area contributed by atoms with E-state index in [2.05, 4.69) is 10.3 Å². The minimum atomic E-state index is -4.69. The van der Waals surface area contributed by atoms with Gasteiger partial charge in [0, 0.05) is 11.4 Å². The van der Waals surface area contributed by atoms with Gasteiger partial charge in [0.15, 0.2) is 0 Å². The number of aliphatic hydroxyl groups excluding tert-OH is 1. The molecular formula is C22H15ClF3N3O2. The van der Waals surface area contributed by atoms with Crippen LogP contribution in [0.2, 0.25) is 5.02 Å². The number of benzene rings is 3. The number of carbonyl (C=O) groups is 1. The molecule has 4 rings (SSSR count). The van der Waals surface area contributed by atoms with Crippen LogP contribution in [0.25, 0.3) is 16.7 Å². The summed E-state index contributed by atoms with van der Waals surface area (Å²) in [6.07, 6.45) is -4.69. The van der Waals surface area contributed by atoms with Crippen LogP contribution in [0.4, 0.5) is 18.9 Å². The quantitative estimate of drug-likeness (QED) is 0.439. The lowest BCUT2D eigenvalue weighted by molar-refractivity contribution is -0.145. The molecular weight excluding hydrogens is 431 g/mol. The largest absolute Gasteiger partial charge is 0.450 e. The molecule has 1 heterocycles. The van der Waals surface area contributed by atoms with Gasteiger partial charge < -0.3 is 10.4 Å². The van der Waals surface area contributed by atoms with Crippen LogP contribution in [0.15, 0.2) is 66.7 Å². The molecule has 0 fully saturated rings. The van der Waals surface area contributed by atoms with Gasteiger partial charge in [0.25, 0.3) is 5.91 Å². The van der Waals surface area contributed by atoms with E-state index in [0.717, 1.165) is 4.57 Å². The average Bonchev–Trinajstić information content (AvgIpc) is 3.14. The highest BCUT2D eigenvalue weighted by Gasteiger charge is 2.38. The number of alkyl halides is 3. The van der Waals surface area contributed by atoms with Crippen molar-refractivity contribution < 1.29 is 23.1 Å². The highest BCUT2D eigenvalue weighted by Crippen LogP contribution is 2.34. The molecule has 31 heavy (non-hydrogen) atoms. The Morgan fingerprint density at radius 2 is 1.77 bits per heavy atom. The number of aromatic nitrogens is 2. The number of carbonyl (C=O) groups excluding carboxylic acids is 1. The average molecular weight is 446 g/mol. The maximum atomic E-state index is 13.6. The molecule has 2 N–H and O–H groups in total. The number of aliphatic hydroxyl groups is 1. The van der Waals surface area contributed by atoms with E-state index in [0.29, 0.717) is 16.3 Å². The molecule has 9 heteroatoms. The molecule has 158 valence electrons. The Bertz CT molecular complexity index is 1270. The summed E-state index contributed by atoms with van der Waals surface area (Å²) in [6, 6.07) is 16.9. The van der Waals surface area contributed by atoms with Gasteiger partial charge in [0.05, 0.1) is 28.2 Å². The van der Waals surface area contributed by atoms with Crippen molar-refractivity contribution in [3.8, 4) is 5.69 Å². The van der Waals surface area contributed by atoms with Crippen molar-refractivity contribution in [2.75, 3.05) is 5.32 Å². The van der Waals surface area contributed by atoms with Crippen LogP contribution in [0, 0.1) is 0 Å². The van der Waals surface area contributed by atoms with Gasteiger partial charge in [0.2, 0.25) is 5.82 Å². The van der Waals surface area contributed by atoms with Crippen molar-refractivity contribution in [3.63, 3.8) is 0 Å². The molecule has 0 aliphatic rings. The second-order valence-electron chi connectivity index (χ2n) is 6.73. The first kappa shape index (κ1) is 20.9. The first-order valence-electron chi connectivity index (χ1n) is 9.13. The van der Waals surface area contributed by atoms with E-state index in [4.69, 9.17) is 11.6 Å². The predicted octanol–water partition coefficient (Wildman–Crippen LogP) is 5.44. The fourth-order valence-electron chi connectivity index (χ4n) is 3.21. The highest BCUT2D eigenvalue weighted by atomic mass is 35.5. The summed E-state index contributed by atoms with van der Waals surface area (Å²) < 4.78 is 41.9. The molecule has 0 aliphatic carbocycles. The zero-order chi connectivity index (χ0) is 22.2. The Balaban J connectivity index is 1.70. The number of anilines is 1. The van der Waals surface area contributed by atoms with Crippen LogP contribution in [-0.4, -0.2) is 20.6 Å². The normalized spacial score (nSPS) is 11.6. The summed E-state index contributed by atoms with van der Waals surface area (Å²) in [5.74, 6) is -1.51. The Hall–Kier alpha value is -3.36. The van der Waals surface area contributed by atoms with E-state index < -0.39 is 17.9 Å². The summed E-state index contributed by atoms with van der Waals surface area (Å²) in [6.45, 7) is -0.302. The molecule has 0 saturated carbocycles. The highest BCUT2D eigenvalue weighted by molar-refractivity contribution is 6.34. The summed E-state index contributed by atoms with van der Waals surface area (Å²) >= 11 is 6.02. The van der Waals surface area contributed by atoms with Crippen molar-refractivity contribution >= 4 is 34.2 Å². The van der Waals surface area contributed by atoms with Crippen molar-refractivity contribution in [2.24, 2.45) is 0 Å². The fourth-order valence-corrected chi connectivity index (χ4v) is 3.43. The standard InChI is InChI=1S/C22H15ClF3N3O2/c23-17-4-2-1-3-16(17)20(31)27-14-6-8-15(9-7-14)29-19-10-5-13(12-30)11-18(19)28-21(29)22(24,25)26/h1-11,30H,12H2,(H,27,31). The molecule has 0 aliphatic heterocycles. The number of halogens is 4. The monoisotopic (exact) mass is 445 g/mol. The molecule has 3 aromatic carbocycles. The fraction of sp³-hybridized carbons (Fsp3) is 0.0909. The van der Waals surface area contributed by atoms with Crippen LogP contribution in [0.3, 0.4) is 0 Å². The minimum absolute atomic E-state index is 0.120. The number of amides is 1. The molecule has 0 atom stereocenters. The van der Waals surface area contributed by atoms with Crippen LogP contribution in [0.1, 0.15) is 21.7 Å². The van der Waals surface area contributed by atoms with E-state index in [1.807, 2.05) is 0 Å². The number of rotatable bonds is 4. The van der Waals surface area contributed by atoms with Gasteiger partial charge in [-0.15, -0.1) is 0 Å². The third kappa shape index (κ3) is 4.12. The van der Waals surface area contributed by atoms with Crippen LogP contribution in [0.5, 0.6) is 0 Å². The summed E-state index contributed by atoms with van der Waals surface area (Å²) in [4.78, 5) is 16.1. The number of fused-ring (bicyclic) bond motifs is 1. The lowest BCUT2D eigenvalue weighted by atomic mass is 10.2. The van der Waals surface area contributed by atoms with Crippen molar-refractivity contribution in [1.29, 1.82) is 0 Å². The first-order chi connectivity index (χ1) is 14.8. The molecule has 4 aromatic rings. The minimum Gasteiger partial charge on any atom is -0.392 e. The van der Waals surface area contributed by atoms with E-state index in [1.54, 1.807) is 30.3 Å². The van der Waals surface area contributed by atoms with Gasteiger partial charge in [0.1, 0.15) is 0 Å². The second kappa shape index (κ2) is 8.05. The third-order valence-corrected chi connectivity index (χ3v) is 4.99. The van der Waals surface area contributed by atoms with E-state index >= 15 is 0 Å². The van der Waals surface area contributed by atoms with Crippen LogP contribution >= 0.6 is 11.6 Å². The Morgan fingerprint density at radius 1 is 1.06 bits per heavy atom. The van der Waals surface area contributed by atoms with Crippen molar-refractivity contribution in [1.82, 2.24) is 9.55 Å². The van der Waals surface area contributed by atoms with Gasteiger partial charge in [-0.3, -0.25) is 9.36 Å². The van der Waals surface area contributed by atoms with Gasteiger partial charge in [-0.2, -0.15) is 13.2 Å². The molecule has 1 amide bonds. The van der Waals surface area contributed by atoms with Gasteiger partial charge in [-0.25, -0.2) is 4.98 Å². The van der Waals surface area contributed by atoms with Crippen LogP contribution < -0.4 is 5.32 Å². The SMILES string of the molecule is O=C(Nc1ccc(-n2c(C(F)(F)F)nc3cc(CO)ccc32)cc1)c1ccccc1Cl. The Labute approximate surface area is 179 Å². The smallest absolute Gasteiger partial charge is 0.392 e. The molecule has 0 radical (unpaired) electrons. The molecule has 0 saturated heterocycles. The zero-order valence-corrected chi connectivity index (χ0v) is 16.6. The van der Waals surface area contributed by atoms with E-state index in [9.17, 15) is 23.1 Å². The Kier molecular flexibility index (Phi) is 5.43. The van der Waals surface area contributed by atoms with E-state index in [1.165, 1.54) is 36.4 Å². The van der Waals surface area contributed by atoms with Gasteiger partial charge in [-0.05, 0) is 54.1 Å². The second-order valence-corrected chi connectivity index (χ2v) is 7.14. The maximum absolute atomic E-state index is 13.6. The zero-order valence-electron chi connectivity index (χ0n) is 15.8. The summed E-state index contributed by atoms with van der Waals surface area (Å²) in [7, 11) is 0. The lowest BCUT2D eigenvalue weighted by Crippen LogP contribution is -2.14. The predicted molar refractivity (Wildman–Crippen MR) is 111 cm³/mol. The first-order valence-corrected chi connectivity index (χ1v) is 9.51. The van der Waals surface area contributed by atoms with Gasteiger partial charge in [-0.1, -0.05) is 29.8 Å².